The van der Waals surface area contributed by atoms with Crippen molar-refractivity contribution in [2.24, 2.45) is 0 Å². The number of rotatable bonds is 6. The van der Waals surface area contributed by atoms with Gasteiger partial charge < -0.3 is 9.84 Å². The quantitative estimate of drug-likeness (QED) is 0.422. The average molecular weight is 275 g/mol. The summed E-state index contributed by atoms with van der Waals surface area (Å²) in [5.74, 6) is -0.338. The number of allylic oxidation sites excluding steroid dienone is 4. The maximum atomic E-state index is 11.3. The van der Waals surface area contributed by atoms with E-state index in [4.69, 9.17) is 9.94 Å². The van der Waals surface area contributed by atoms with Gasteiger partial charge >= 0.3 is 5.97 Å². The molecule has 0 radical (unpaired) electrons. The summed E-state index contributed by atoms with van der Waals surface area (Å²) in [6, 6.07) is 6.80. The second kappa shape index (κ2) is 7.81. The molecule has 0 bridgehead atoms. The lowest BCUT2D eigenvalue weighted by molar-refractivity contribution is -0.130. The molecular formula is C15H17NO4. The molecule has 0 aliphatic heterocycles. The summed E-state index contributed by atoms with van der Waals surface area (Å²) in [4.78, 5) is 11.3. The second-order valence-corrected chi connectivity index (χ2v) is 3.99. The molecule has 0 fully saturated rings. The molecule has 0 spiro atoms. The van der Waals surface area contributed by atoms with Gasteiger partial charge in [-0.1, -0.05) is 23.8 Å². The molecule has 0 aliphatic carbocycles. The van der Waals surface area contributed by atoms with E-state index in [2.05, 4.69) is 0 Å². The lowest BCUT2D eigenvalue weighted by Crippen LogP contribution is -2.00. The zero-order valence-corrected chi connectivity index (χ0v) is 11.3. The van der Waals surface area contributed by atoms with E-state index in [1.165, 1.54) is 6.20 Å². The summed E-state index contributed by atoms with van der Waals surface area (Å²) in [5.41, 5.74) is 3.39. The van der Waals surface area contributed by atoms with Crippen LogP contribution in [0, 0.1) is 0 Å². The molecule has 0 heterocycles. The van der Waals surface area contributed by atoms with Gasteiger partial charge in [-0.05, 0) is 36.8 Å². The number of hydrogen-bond acceptors (Lipinski definition) is 4. The van der Waals surface area contributed by atoms with E-state index >= 15 is 0 Å². The van der Waals surface area contributed by atoms with E-state index in [1.807, 2.05) is 5.48 Å². The molecule has 1 rings (SSSR count). The van der Waals surface area contributed by atoms with Gasteiger partial charge in [0.15, 0.2) is 0 Å². The maximum absolute atomic E-state index is 11.3. The van der Waals surface area contributed by atoms with Crippen LogP contribution >= 0.6 is 0 Å². The largest absolute Gasteiger partial charge is 0.497 e. The molecule has 0 amide bonds. The highest BCUT2D eigenvalue weighted by Gasteiger charge is 2.10. The van der Waals surface area contributed by atoms with Crippen LogP contribution in [0.15, 0.2) is 54.3 Å². The third kappa shape index (κ3) is 4.62. The molecule has 0 aliphatic rings. The predicted molar refractivity (Wildman–Crippen MR) is 76.4 cm³/mol. The SMILES string of the molecule is COc1ccc(\C(=C/C(C)=C/C=C\NO)C(=O)O)cc1. The van der Waals surface area contributed by atoms with Gasteiger partial charge in [0, 0.05) is 6.20 Å². The fourth-order valence-electron chi connectivity index (χ4n) is 1.56. The van der Waals surface area contributed by atoms with Crippen LogP contribution in [0.1, 0.15) is 12.5 Å². The molecule has 0 aromatic heterocycles. The monoisotopic (exact) mass is 275 g/mol. The minimum absolute atomic E-state index is 0.187. The van der Waals surface area contributed by atoms with Crippen molar-refractivity contribution in [3.63, 3.8) is 0 Å². The molecule has 1 aromatic rings. The molecule has 106 valence electrons. The van der Waals surface area contributed by atoms with Gasteiger partial charge in [0.2, 0.25) is 0 Å². The molecule has 0 saturated heterocycles. The number of hydroxylamine groups is 1. The first-order valence-corrected chi connectivity index (χ1v) is 5.91. The number of ether oxygens (including phenoxy) is 1. The Morgan fingerprint density at radius 2 is 1.95 bits per heavy atom. The van der Waals surface area contributed by atoms with E-state index < -0.39 is 5.97 Å². The first-order valence-electron chi connectivity index (χ1n) is 5.91. The first-order chi connectivity index (χ1) is 9.58. The molecule has 5 heteroatoms. The minimum Gasteiger partial charge on any atom is -0.497 e. The smallest absolute Gasteiger partial charge is 0.336 e. The average Bonchev–Trinajstić information content (AvgIpc) is 2.45. The number of nitrogens with one attached hydrogen (secondary N) is 1. The number of carboxylic acid groups (broad SMARTS) is 1. The van der Waals surface area contributed by atoms with Crippen LogP contribution in [-0.2, 0) is 4.79 Å². The Balaban J connectivity index is 3.07. The highest BCUT2D eigenvalue weighted by molar-refractivity contribution is 6.15. The van der Waals surface area contributed by atoms with Crippen LogP contribution in [0.4, 0.5) is 0 Å². The number of benzene rings is 1. The summed E-state index contributed by atoms with van der Waals surface area (Å²) >= 11 is 0. The van der Waals surface area contributed by atoms with E-state index in [1.54, 1.807) is 56.5 Å². The number of carboxylic acids is 1. The maximum Gasteiger partial charge on any atom is 0.336 e. The second-order valence-electron chi connectivity index (χ2n) is 3.99. The van der Waals surface area contributed by atoms with Gasteiger partial charge in [-0.15, -0.1) is 0 Å². The van der Waals surface area contributed by atoms with E-state index in [0.717, 1.165) is 5.57 Å². The lowest BCUT2D eigenvalue weighted by atomic mass is 10.0. The van der Waals surface area contributed by atoms with Crippen LogP contribution in [0.25, 0.3) is 5.57 Å². The van der Waals surface area contributed by atoms with Gasteiger partial charge in [0.05, 0.1) is 12.7 Å². The van der Waals surface area contributed by atoms with Crippen molar-refractivity contribution in [3.05, 3.63) is 59.8 Å². The normalized spacial score (nSPS) is 12.6. The molecule has 5 nitrogen and oxygen atoms in total. The zero-order valence-electron chi connectivity index (χ0n) is 11.3. The van der Waals surface area contributed by atoms with Crippen molar-refractivity contribution in [2.75, 3.05) is 7.11 Å². The molecule has 1 aromatic carbocycles. The van der Waals surface area contributed by atoms with Crippen LogP contribution < -0.4 is 10.2 Å². The zero-order chi connectivity index (χ0) is 15.0. The van der Waals surface area contributed by atoms with Crippen molar-refractivity contribution < 1.29 is 19.8 Å². The van der Waals surface area contributed by atoms with Crippen LogP contribution in [-0.4, -0.2) is 23.4 Å². The van der Waals surface area contributed by atoms with Gasteiger partial charge in [-0.3, -0.25) is 10.7 Å². The molecule has 0 atom stereocenters. The highest BCUT2D eigenvalue weighted by atomic mass is 16.5. The van der Waals surface area contributed by atoms with E-state index in [9.17, 15) is 9.90 Å². The number of methoxy groups -OCH3 is 1. The van der Waals surface area contributed by atoms with E-state index in [0.29, 0.717) is 11.3 Å². The predicted octanol–water partition coefficient (Wildman–Crippen LogP) is 2.60. The van der Waals surface area contributed by atoms with Gasteiger partial charge in [0.25, 0.3) is 0 Å². The Morgan fingerprint density at radius 3 is 2.45 bits per heavy atom. The van der Waals surface area contributed by atoms with Crippen molar-refractivity contribution in [3.8, 4) is 5.75 Å². The van der Waals surface area contributed by atoms with Crippen LogP contribution in [0.2, 0.25) is 0 Å². The number of hydrogen-bond donors (Lipinski definition) is 3. The van der Waals surface area contributed by atoms with Crippen LogP contribution in [0.5, 0.6) is 5.75 Å². The van der Waals surface area contributed by atoms with Gasteiger partial charge in [-0.25, -0.2) is 4.79 Å². The van der Waals surface area contributed by atoms with Crippen molar-refractivity contribution in [1.29, 1.82) is 0 Å². The standard InChI is InChI=1S/C15H17NO4/c1-11(4-3-9-16-19)10-14(15(17)18)12-5-7-13(20-2)8-6-12/h3-10,16,19H,1-2H3,(H,17,18)/b9-3-,11-4+,14-10+. The Hall–Kier alpha value is -2.53. The Labute approximate surface area is 117 Å². The van der Waals surface area contributed by atoms with Gasteiger partial charge in [-0.2, -0.15) is 0 Å². The number of aliphatic carboxylic acids is 1. The van der Waals surface area contributed by atoms with Crippen molar-refractivity contribution in [2.45, 2.75) is 6.92 Å². The number of carbonyl (C=O) groups is 1. The summed E-state index contributed by atoms with van der Waals surface area (Å²) < 4.78 is 5.04. The molecule has 0 unspecified atom stereocenters. The topological polar surface area (TPSA) is 78.8 Å². The summed E-state index contributed by atoms with van der Waals surface area (Å²) in [6.45, 7) is 1.77. The fraction of sp³-hybridized carbons (Fsp3) is 0.133. The van der Waals surface area contributed by atoms with Crippen molar-refractivity contribution >= 4 is 11.5 Å². The third-order valence-corrected chi connectivity index (χ3v) is 2.53. The fourth-order valence-corrected chi connectivity index (χ4v) is 1.56. The van der Waals surface area contributed by atoms with Crippen molar-refractivity contribution in [1.82, 2.24) is 5.48 Å². The lowest BCUT2D eigenvalue weighted by Gasteiger charge is -2.05. The molecule has 20 heavy (non-hydrogen) atoms. The molecule has 0 saturated carbocycles. The Bertz CT molecular complexity index is 541. The molecule has 3 N–H and O–H groups in total. The summed E-state index contributed by atoms with van der Waals surface area (Å²) in [5, 5.41) is 17.7. The first kappa shape index (κ1) is 15.5. The summed E-state index contributed by atoms with van der Waals surface area (Å²) in [7, 11) is 1.55. The Morgan fingerprint density at radius 1 is 1.30 bits per heavy atom. The molecular weight excluding hydrogens is 258 g/mol. The third-order valence-electron chi connectivity index (χ3n) is 2.53. The van der Waals surface area contributed by atoms with Gasteiger partial charge in [0.1, 0.15) is 5.75 Å². The van der Waals surface area contributed by atoms with E-state index in [-0.39, 0.29) is 5.57 Å². The highest BCUT2D eigenvalue weighted by Crippen LogP contribution is 2.20. The minimum atomic E-state index is -1.01. The van der Waals surface area contributed by atoms with Crippen LogP contribution in [0.3, 0.4) is 0 Å². The Kier molecular flexibility index (Phi) is 6.06. The summed E-state index contributed by atoms with van der Waals surface area (Å²) in [6.07, 6.45) is 6.13.